The Kier molecular flexibility index (Phi) is 2.19. The molecule has 2 rings (SSSR count). The molecule has 15 heavy (non-hydrogen) atoms. The van der Waals surface area contributed by atoms with Gasteiger partial charge in [0.25, 0.3) is 0 Å². The van der Waals surface area contributed by atoms with E-state index < -0.39 is 0 Å². The van der Waals surface area contributed by atoms with Gasteiger partial charge >= 0.3 is 0 Å². The molecule has 0 unspecified atom stereocenters. The van der Waals surface area contributed by atoms with Crippen molar-refractivity contribution in [3.05, 3.63) is 30.2 Å². The van der Waals surface area contributed by atoms with E-state index in [4.69, 9.17) is 5.73 Å². The fourth-order valence-corrected chi connectivity index (χ4v) is 1.61. The van der Waals surface area contributed by atoms with Gasteiger partial charge in [0.15, 0.2) is 0 Å². The smallest absolute Gasteiger partial charge is 0.138 e. The van der Waals surface area contributed by atoms with E-state index in [1.165, 1.54) is 6.07 Å². The molecule has 0 fully saturated rings. The molecule has 0 radical (unpaired) electrons. The zero-order chi connectivity index (χ0) is 11.0. The average Bonchev–Trinajstić information content (AvgIpc) is 2.23. The monoisotopic (exact) mass is 205 g/mol. The number of nitrogens with two attached hydrogens (primary N) is 1. The highest BCUT2D eigenvalue weighted by Crippen LogP contribution is 2.30. The molecule has 4 heteroatoms. The van der Waals surface area contributed by atoms with Gasteiger partial charge in [-0.25, -0.2) is 9.37 Å². The van der Waals surface area contributed by atoms with E-state index in [1.54, 1.807) is 18.3 Å². The first-order valence-corrected chi connectivity index (χ1v) is 4.61. The van der Waals surface area contributed by atoms with Crippen LogP contribution in [0.25, 0.3) is 10.8 Å². The van der Waals surface area contributed by atoms with Gasteiger partial charge in [0.05, 0.1) is 5.39 Å². The van der Waals surface area contributed by atoms with E-state index in [-0.39, 0.29) is 5.82 Å². The second-order valence-corrected chi connectivity index (χ2v) is 3.59. The SMILES string of the molecule is CN(C)c1nccc2c(F)ccc(N)c12. The van der Waals surface area contributed by atoms with Crippen LogP contribution in [0.2, 0.25) is 0 Å². The van der Waals surface area contributed by atoms with Crippen LogP contribution in [0.15, 0.2) is 24.4 Å². The van der Waals surface area contributed by atoms with Crippen molar-refractivity contribution >= 4 is 22.3 Å². The molecular formula is C11H12FN3. The number of halogens is 1. The Hall–Kier alpha value is -1.84. The van der Waals surface area contributed by atoms with Gasteiger partial charge in [0.1, 0.15) is 11.6 Å². The highest BCUT2D eigenvalue weighted by Gasteiger charge is 2.10. The zero-order valence-corrected chi connectivity index (χ0v) is 8.66. The molecule has 0 aliphatic heterocycles. The molecule has 2 N–H and O–H groups in total. The minimum atomic E-state index is -0.273. The Balaban J connectivity index is 2.90. The fraction of sp³-hybridized carbons (Fsp3) is 0.182. The average molecular weight is 205 g/mol. The van der Waals surface area contributed by atoms with Crippen LogP contribution in [0.4, 0.5) is 15.9 Å². The second kappa shape index (κ2) is 3.38. The number of hydrogen-bond donors (Lipinski definition) is 1. The number of nitrogen functional groups attached to an aromatic ring is 1. The van der Waals surface area contributed by atoms with Gasteiger partial charge < -0.3 is 10.6 Å². The molecule has 0 aliphatic rings. The summed E-state index contributed by atoms with van der Waals surface area (Å²) in [7, 11) is 3.71. The molecule has 3 nitrogen and oxygen atoms in total. The molecule has 0 amide bonds. The van der Waals surface area contributed by atoms with Crippen molar-refractivity contribution in [1.29, 1.82) is 0 Å². The molecule has 2 aromatic rings. The zero-order valence-electron chi connectivity index (χ0n) is 8.66. The molecule has 0 saturated carbocycles. The van der Waals surface area contributed by atoms with E-state index >= 15 is 0 Å². The maximum absolute atomic E-state index is 13.5. The fourth-order valence-electron chi connectivity index (χ4n) is 1.61. The van der Waals surface area contributed by atoms with Crippen molar-refractivity contribution in [2.45, 2.75) is 0 Å². The highest BCUT2D eigenvalue weighted by molar-refractivity contribution is 6.01. The summed E-state index contributed by atoms with van der Waals surface area (Å²) in [6, 6.07) is 4.57. The number of nitrogens with zero attached hydrogens (tertiary/aromatic N) is 2. The summed E-state index contributed by atoms with van der Waals surface area (Å²) in [4.78, 5) is 6.01. The van der Waals surface area contributed by atoms with E-state index in [1.807, 2.05) is 19.0 Å². The first-order chi connectivity index (χ1) is 7.11. The topological polar surface area (TPSA) is 42.2 Å². The van der Waals surface area contributed by atoms with Crippen LogP contribution >= 0.6 is 0 Å². The van der Waals surface area contributed by atoms with Crippen molar-refractivity contribution in [3.8, 4) is 0 Å². The van der Waals surface area contributed by atoms with Crippen molar-refractivity contribution in [1.82, 2.24) is 4.98 Å². The van der Waals surface area contributed by atoms with Gasteiger partial charge in [0.2, 0.25) is 0 Å². The Morgan fingerprint density at radius 3 is 2.67 bits per heavy atom. The standard InChI is InChI=1S/C11H12FN3/c1-15(2)11-10-7(5-6-14-11)8(12)3-4-9(10)13/h3-6H,13H2,1-2H3. The first-order valence-electron chi connectivity index (χ1n) is 4.61. The Morgan fingerprint density at radius 2 is 2.00 bits per heavy atom. The predicted molar refractivity (Wildman–Crippen MR) is 60.4 cm³/mol. The summed E-state index contributed by atoms with van der Waals surface area (Å²) in [5, 5.41) is 1.18. The Bertz CT molecular complexity index is 508. The van der Waals surface area contributed by atoms with Crippen LogP contribution in [-0.2, 0) is 0 Å². The summed E-state index contributed by atoms with van der Waals surface area (Å²) >= 11 is 0. The lowest BCUT2D eigenvalue weighted by atomic mass is 10.1. The van der Waals surface area contributed by atoms with Gasteiger partial charge in [-0.15, -0.1) is 0 Å². The van der Waals surface area contributed by atoms with Gasteiger partial charge in [-0.1, -0.05) is 0 Å². The lowest BCUT2D eigenvalue weighted by Crippen LogP contribution is -2.11. The summed E-state index contributed by atoms with van der Waals surface area (Å²) in [6.45, 7) is 0. The molecule has 78 valence electrons. The molecule has 0 bridgehead atoms. The van der Waals surface area contributed by atoms with Crippen molar-refractivity contribution < 1.29 is 4.39 Å². The summed E-state index contributed by atoms with van der Waals surface area (Å²) in [5.41, 5.74) is 6.38. The third kappa shape index (κ3) is 1.48. The quantitative estimate of drug-likeness (QED) is 0.724. The highest BCUT2D eigenvalue weighted by atomic mass is 19.1. The lowest BCUT2D eigenvalue weighted by molar-refractivity contribution is 0.640. The van der Waals surface area contributed by atoms with Gasteiger partial charge in [-0.3, -0.25) is 0 Å². The molecule has 1 heterocycles. The number of fused-ring (bicyclic) bond motifs is 1. The molecule has 0 spiro atoms. The lowest BCUT2D eigenvalue weighted by Gasteiger charge is -2.15. The van der Waals surface area contributed by atoms with E-state index in [9.17, 15) is 4.39 Å². The third-order valence-corrected chi connectivity index (χ3v) is 2.31. The van der Waals surface area contributed by atoms with Crippen molar-refractivity contribution in [2.24, 2.45) is 0 Å². The van der Waals surface area contributed by atoms with Crippen LogP contribution in [0.1, 0.15) is 0 Å². The number of aromatic nitrogens is 1. The predicted octanol–water partition coefficient (Wildman–Crippen LogP) is 2.02. The second-order valence-electron chi connectivity index (χ2n) is 3.59. The van der Waals surface area contributed by atoms with Crippen LogP contribution in [0, 0.1) is 5.82 Å². The van der Waals surface area contributed by atoms with Gasteiger partial charge in [-0.2, -0.15) is 0 Å². The molecule has 1 aromatic heterocycles. The maximum Gasteiger partial charge on any atom is 0.138 e. The number of anilines is 2. The van der Waals surface area contributed by atoms with Crippen LogP contribution in [0.3, 0.4) is 0 Å². The van der Waals surface area contributed by atoms with Crippen LogP contribution in [-0.4, -0.2) is 19.1 Å². The van der Waals surface area contributed by atoms with Gasteiger partial charge in [-0.05, 0) is 18.2 Å². The van der Waals surface area contributed by atoms with Crippen molar-refractivity contribution in [3.63, 3.8) is 0 Å². The summed E-state index contributed by atoms with van der Waals surface area (Å²) < 4.78 is 13.5. The molecule has 0 aliphatic carbocycles. The summed E-state index contributed by atoms with van der Waals surface area (Å²) in [5.74, 6) is 0.411. The third-order valence-electron chi connectivity index (χ3n) is 2.31. The minimum Gasteiger partial charge on any atom is -0.398 e. The van der Waals surface area contributed by atoms with Crippen LogP contribution in [0.5, 0.6) is 0 Å². The largest absolute Gasteiger partial charge is 0.398 e. The number of rotatable bonds is 1. The molecule has 1 aromatic carbocycles. The molecule has 0 saturated heterocycles. The molecule has 0 atom stereocenters. The van der Waals surface area contributed by atoms with E-state index in [2.05, 4.69) is 4.98 Å². The maximum atomic E-state index is 13.5. The first kappa shape index (κ1) is 9.71. The number of hydrogen-bond acceptors (Lipinski definition) is 3. The summed E-state index contributed by atoms with van der Waals surface area (Å²) in [6.07, 6.45) is 1.58. The Morgan fingerprint density at radius 1 is 1.27 bits per heavy atom. The minimum absolute atomic E-state index is 0.273. The van der Waals surface area contributed by atoms with Crippen LogP contribution < -0.4 is 10.6 Å². The van der Waals surface area contributed by atoms with E-state index in [0.29, 0.717) is 22.3 Å². The van der Waals surface area contributed by atoms with Crippen molar-refractivity contribution in [2.75, 3.05) is 24.7 Å². The van der Waals surface area contributed by atoms with Gasteiger partial charge in [0, 0.05) is 31.4 Å². The van der Waals surface area contributed by atoms with E-state index in [0.717, 1.165) is 0 Å². The molecular weight excluding hydrogens is 193 g/mol. The number of benzene rings is 1. The number of pyridine rings is 1. The normalized spacial score (nSPS) is 10.6. The Labute approximate surface area is 87.3 Å².